The summed E-state index contributed by atoms with van der Waals surface area (Å²) in [6, 6.07) is 0. The van der Waals surface area contributed by atoms with Gasteiger partial charge in [0, 0.05) is 13.1 Å². The average molecular weight is 298 g/mol. The minimum Gasteiger partial charge on any atom is -0.481 e. The van der Waals surface area contributed by atoms with Gasteiger partial charge in [-0.1, -0.05) is 18.5 Å². The van der Waals surface area contributed by atoms with E-state index in [9.17, 15) is 14.7 Å². The maximum atomic E-state index is 12.2. The summed E-state index contributed by atoms with van der Waals surface area (Å²) >= 11 is 5.72. The number of amides is 1. The van der Waals surface area contributed by atoms with Crippen molar-refractivity contribution in [3.63, 3.8) is 0 Å². The van der Waals surface area contributed by atoms with Crippen LogP contribution in [0.15, 0.2) is 12.4 Å². The number of aromatic nitrogens is 2. The molecule has 7 heteroatoms. The van der Waals surface area contributed by atoms with Gasteiger partial charge in [0.25, 0.3) is 5.91 Å². The Hall–Kier alpha value is -1.69. The summed E-state index contributed by atoms with van der Waals surface area (Å²) < 4.78 is 0. The quantitative estimate of drug-likeness (QED) is 0.920. The highest BCUT2D eigenvalue weighted by atomic mass is 35.5. The minimum absolute atomic E-state index is 0.168. The number of carboxylic acid groups (broad SMARTS) is 1. The fourth-order valence-electron chi connectivity index (χ4n) is 2.46. The van der Waals surface area contributed by atoms with Crippen LogP contribution >= 0.6 is 11.6 Å². The molecule has 0 saturated carbocycles. The molecule has 1 aromatic rings. The van der Waals surface area contributed by atoms with Crippen LogP contribution in [0.3, 0.4) is 0 Å². The molecule has 1 amide bonds. The van der Waals surface area contributed by atoms with E-state index in [1.54, 1.807) is 4.90 Å². The molecule has 20 heavy (non-hydrogen) atoms. The van der Waals surface area contributed by atoms with Crippen molar-refractivity contribution < 1.29 is 14.7 Å². The van der Waals surface area contributed by atoms with Crippen LogP contribution in [0.5, 0.6) is 0 Å². The van der Waals surface area contributed by atoms with E-state index in [-0.39, 0.29) is 16.8 Å². The Bertz CT molecular complexity index is 527. The number of piperidine rings is 1. The molecule has 0 aromatic carbocycles. The Morgan fingerprint density at radius 3 is 2.55 bits per heavy atom. The first kappa shape index (κ1) is 14.7. The van der Waals surface area contributed by atoms with Gasteiger partial charge in [-0.15, -0.1) is 0 Å². The van der Waals surface area contributed by atoms with Crippen LogP contribution in [0.25, 0.3) is 0 Å². The highest BCUT2D eigenvalue weighted by Gasteiger charge is 2.41. The topological polar surface area (TPSA) is 83.4 Å². The Kier molecular flexibility index (Phi) is 4.23. The SMILES string of the molecule is CCC1(C(=O)O)CCN(C(=O)c2cncc(Cl)n2)CC1. The summed E-state index contributed by atoms with van der Waals surface area (Å²) in [7, 11) is 0. The first-order valence-corrected chi connectivity index (χ1v) is 6.86. The molecular weight excluding hydrogens is 282 g/mol. The monoisotopic (exact) mass is 297 g/mol. The molecule has 0 spiro atoms. The average Bonchev–Trinajstić information content (AvgIpc) is 2.46. The molecule has 0 radical (unpaired) electrons. The zero-order chi connectivity index (χ0) is 14.8. The fourth-order valence-corrected chi connectivity index (χ4v) is 2.61. The number of rotatable bonds is 3. The molecule has 0 bridgehead atoms. The van der Waals surface area contributed by atoms with Gasteiger partial charge in [0.05, 0.1) is 17.8 Å². The zero-order valence-electron chi connectivity index (χ0n) is 11.2. The molecule has 2 heterocycles. The molecule has 1 saturated heterocycles. The number of hydrogen-bond acceptors (Lipinski definition) is 4. The van der Waals surface area contributed by atoms with E-state index in [0.29, 0.717) is 32.4 Å². The minimum atomic E-state index is -0.783. The third kappa shape index (κ3) is 2.75. The number of aliphatic carboxylic acids is 1. The maximum absolute atomic E-state index is 12.2. The lowest BCUT2D eigenvalue weighted by Crippen LogP contribution is -2.46. The van der Waals surface area contributed by atoms with Gasteiger partial charge in [-0.3, -0.25) is 14.6 Å². The van der Waals surface area contributed by atoms with Crippen molar-refractivity contribution in [3.05, 3.63) is 23.2 Å². The van der Waals surface area contributed by atoms with Gasteiger partial charge in [-0.2, -0.15) is 0 Å². The lowest BCUT2D eigenvalue weighted by Gasteiger charge is -2.38. The smallest absolute Gasteiger partial charge is 0.309 e. The predicted octanol–water partition coefficient (Wildman–Crippen LogP) is 1.85. The Morgan fingerprint density at radius 1 is 1.40 bits per heavy atom. The molecule has 6 nitrogen and oxygen atoms in total. The molecule has 2 rings (SSSR count). The number of halogens is 1. The van der Waals surface area contributed by atoms with E-state index in [2.05, 4.69) is 9.97 Å². The number of carboxylic acids is 1. The molecule has 108 valence electrons. The van der Waals surface area contributed by atoms with Crippen molar-refractivity contribution in [2.75, 3.05) is 13.1 Å². The third-order valence-electron chi connectivity index (χ3n) is 3.96. The van der Waals surface area contributed by atoms with E-state index in [1.807, 2.05) is 6.92 Å². The molecule has 1 fully saturated rings. The number of hydrogen-bond donors (Lipinski definition) is 1. The second kappa shape index (κ2) is 5.75. The van der Waals surface area contributed by atoms with Crippen LogP contribution < -0.4 is 0 Å². The molecule has 1 aliphatic heterocycles. The molecule has 1 aromatic heterocycles. The van der Waals surface area contributed by atoms with Gasteiger partial charge in [0.2, 0.25) is 0 Å². The van der Waals surface area contributed by atoms with Gasteiger partial charge in [0.15, 0.2) is 0 Å². The van der Waals surface area contributed by atoms with Gasteiger partial charge >= 0.3 is 5.97 Å². The van der Waals surface area contributed by atoms with Crippen LogP contribution in [0.4, 0.5) is 0 Å². The molecule has 1 N–H and O–H groups in total. The summed E-state index contributed by atoms with van der Waals surface area (Å²) in [4.78, 5) is 33.0. The van der Waals surface area contributed by atoms with Crippen LogP contribution in [-0.4, -0.2) is 44.9 Å². The first-order chi connectivity index (χ1) is 9.48. The number of carbonyl (C=O) groups excluding carboxylic acids is 1. The summed E-state index contributed by atoms with van der Waals surface area (Å²) in [6.07, 6.45) is 4.21. The van der Waals surface area contributed by atoms with Crippen LogP contribution in [0.1, 0.15) is 36.7 Å². The Labute approximate surface area is 121 Å². The lowest BCUT2D eigenvalue weighted by atomic mass is 9.76. The normalized spacial score (nSPS) is 17.8. The fraction of sp³-hybridized carbons (Fsp3) is 0.538. The van der Waals surface area contributed by atoms with E-state index >= 15 is 0 Å². The highest BCUT2D eigenvalue weighted by molar-refractivity contribution is 6.29. The summed E-state index contributed by atoms with van der Waals surface area (Å²) in [5.41, 5.74) is -0.520. The Balaban J connectivity index is 2.07. The second-order valence-electron chi connectivity index (χ2n) is 4.96. The summed E-state index contributed by atoms with van der Waals surface area (Å²) in [5.74, 6) is -1.04. The van der Waals surface area contributed by atoms with Gasteiger partial charge in [-0.05, 0) is 19.3 Å². The number of nitrogens with zero attached hydrogens (tertiary/aromatic N) is 3. The zero-order valence-corrected chi connectivity index (χ0v) is 11.9. The maximum Gasteiger partial charge on any atom is 0.309 e. The van der Waals surface area contributed by atoms with Crippen molar-refractivity contribution in [1.82, 2.24) is 14.9 Å². The molecule has 0 atom stereocenters. The molecule has 0 aliphatic carbocycles. The van der Waals surface area contributed by atoms with E-state index in [4.69, 9.17) is 11.6 Å². The summed E-state index contributed by atoms with van der Waals surface area (Å²) in [5, 5.41) is 9.49. The van der Waals surface area contributed by atoms with Gasteiger partial charge in [0.1, 0.15) is 10.8 Å². The molecular formula is C13H16ClN3O3. The Morgan fingerprint density at radius 2 is 2.05 bits per heavy atom. The molecule has 1 aliphatic rings. The number of likely N-dealkylation sites (tertiary alicyclic amines) is 1. The highest BCUT2D eigenvalue weighted by Crippen LogP contribution is 2.35. The largest absolute Gasteiger partial charge is 0.481 e. The third-order valence-corrected chi connectivity index (χ3v) is 4.14. The van der Waals surface area contributed by atoms with Crippen molar-refractivity contribution >= 4 is 23.5 Å². The van der Waals surface area contributed by atoms with Crippen molar-refractivity contribution in [3.8, 4) is 0 Å². The van der Waals surface area contributed by atoms with E-state index in [1.165, 1.54) is 12.4 Å². The van der Waals surface area contributed by atoms with Crippen molar-refractivity contribution in [1.29, 1.82) is 0 Å². The summed E-state index contributed by atoms with van der Waals surface area (Å²) in [6.45, 7) is 2.69. The van der Waals surface area contributed by atoms with Crippen molar-refractivity contribution in [2.45, 2.75) is 26.2 Å². The van der Waals surface area contributed by atoms with Crippen LogP contribution in [0.2, 0.25) is 5.15 Å². The van der Waals surface area contributed by atoms with Crippen molar-refractivity contribution in [2.24, 2.45) is 5.41 Å². The second-order valence-corrected chi connectivity index (χ2v) is 5.35. The lowest BCUT2D eigenvalue weighted by molar-refractivity contribution is -0.152. The van der Waals surface area contributed by atoms with Gasteiger partial charge in [-0.25, -0.2) is 4.98 Å². The predicted molar refractivity (Wildman–Crippen MR) is 72.5 cm³/mol. The number of carbonyl (C=O) groups is 2. The van der Waals surface area contributed by atoms with Gasteiger partial charge < -0.3 is 10.0 Å². The molecule has 0 unspecified atom stereocenters. The van der Waals surface area contributed by atoms with Crippen LogP contribution in [0, 0.1) is 5.41 Å². The standard InChI is InChI=1S/C13H16ClN3O3/c1-2-13(12(19)20)3-5-17(6-4-13)11(18)9-7-15-8-10(14)16-9/h7-8H,2-6H2,1H3,(H,19,20). The first-order valence-electron chi connectivity index (χ1n) is 6.49. The van der Waals surface area contributed by atoms with E-state index < -0.39 is 11.4 Å². The van der Waals surface area contributed by atoms with Crippen LogP contribution in [-0.2, 0) is 4.79 Å². The van der Waals surface area contributed by atoms with E-state index in [0.717, 1.165) is 0 Å².